The highest BCUT2D eigenvalue weighted by Gasteiger charge is 1.92. The summed E-state index contributed by atoms with van der Waals surface area (Å²) in [5.74, 6) is 0. The van der Waals surface area contributed by atoms with Gasteiger partial charge in [0.25, 0.3) is 0 Å². The molecule has 0 fully saturated rings. The summed E-state index contributed by atoms with van der Waals surface area (Å²) in [5, 5.41) is 14.2. The molecule has 0 aliphatic heterocycles. The van der Waals surface area contributed by atoms with Crippen LogP contribution in [0.5, 0.6) is 0 Å². The van der Waals surface area contributed by atoms with Crippen LogP contribution in [0.25, 0.3) is 0 Å². The largest absolute Gasteiger partial charge is 0.432 e. The lowest BCUT2D eigenvalue weighted by Gasteiger charge is -2.01. The molecule has 1 rings (SSSR count). The fourth-order valence-electron chi connectivity index (χ4n) is 1.93. The van der Waals surface area contributed by atoms with E-state index in [0.29, 0.717) is 0 Å². The number of hydrogen-bond donors (Lipinski definition) is 2. The third kappa shape index (κ3) is 11.7. The zero-order valence-corrected chi connectivity index (χ0v) is 11.6. The van der Waals surface area contributed by atoms with Gasteiger partial charge in [0.15, 0.2) is 0 Å². The Morgan fingerprint density at radius 3 is 1.89 bits per heavy atom. The van der Waals surface area contributed by atoms with Gasteiger partial charge in [0.05, 0.1) is 0 Å². The Bertz CT molecular complexity index is 252. The van der Waals surface area contributed by atoms with E-state index in [-0.39, 0.29) is 0 Å². The summed E-state index contributed by atoms with van der Waals surface area (Å²) >= 11 is 0. The molecule has 0 radical (unpaired) electrons. The third-order valence-electron chi connectivity index (χ3n) is 2.91. The number of hydrogen-bond acceptors (Lipinski definition) is 2. The molecule has 1 aromatic rings. The minimum atomic E-state index is -0.750. The molecule has 0 saturated heterocycles. The molecule has 0 saturated carbocycles. The zero-order chi connectivity index (χ0) is 13.5. The first-order valence-electron chi connectivity index (χ1n) is 7.10. The van der Waals surface area contributed by atoms with Crippen LogP contribution in [0.1, 0.15) is 57.4 Å². The summed E-state index contributed by atoms with van der Waals surface area (Å²) in [4.78, 5) is 0. The summed E-state index contributed by atoms with van der Waals surface area (Å²) in [6.07, 6.45) is 11.1. The van der Waals surface area contributed by atoms with Crippen molar-refractivity contribution in [3.8, 4) is 0 Å². The average Bonchev–Trinajstić information content (AvgIpc) is 2.40. The van der Waals surface area contributed by atoms with Gasteiger partial charge in [0.2, 0.25) is 0 Å². The maximum atomic E-state index is 7.12. The van der Waals surface area contributed by atoms with Gasteiger partial charge in [-0.05, 0) is 18.4 Å². The molecule has 0 heterocycles. The molecule has 0 aromatic heterocycles. The topological polar surface area (TPSA) is 40.5 Å². The quantitative estimate of drug-likeness (QED) is 0.549. The van der Waals surface area contributed by atoms with Crippen LogP contribution in [0, 0.1) is 0 Å². The van der Waals surface area contributed by atoms with Crippen molar-refractivity contribution >= 4 is 7.69 Å². The van der Waals surface area contributed by atoms with Gasteiger partial charge < -0.3 is 10.0 Å². The van der Waals surface area contributed by atoms with Crippen LogP contribution >= 0.6 is 0 Å². The third-order valence-corrected chi connectivity index (χ3v) is 2.91. The van der Waals surface area contributed by atoms with Crippen LogP contribution in [-0.4, -0.2) is 17.7 Å². The summed E-state index contributed by atoms with van der Waals surface area (Å²) in [6, 6.07) is 10.8. The van der Waals surface area contributed by atoms with Crippen molar-refractivity contribution in [1.82, 2.24) is 0 Å². The van der Waals surface area contributed by atoms with E-state index in [4.69, 9.17) is 10.0 Å². The highest BCUT2D eigenvalue weighted by Crippen LogP contribution is 2.10. The summed E-state index contributed by atoms with van der Waals surface area (Å²) in [6.45, 7) is 2.27. The van der Waals surface area contributed by atoms with Crippen molar-refractivity contribution in [1.29, 1.82) is 0 Å². The van der Waals surface area contributed by atoms with E-state index in [9.17, 15) is 0 Å². The lowest BCUT2D eigenvalue weighted by molar-refractivity contribution is 0.448. The minimum absolute atomic E-state index is 0.750. The second-order valence-corrected chi connectivity index (χ2v) is 4.50. The first-order valence-corrected chi connectivity index (χ1v) is 7.10. The average molecular weight is 250 g/mol. The molecule has 0 spiro atoms. The highest BCUT2D eigenvalue weighted by molar-refractivity contribution is 6.13. The van der Waals surface area contributed by atoms with Gasteiger partial charge in [0, 0.05) is 0 Å². The molecular formula is C15H27BO2. The molecule has 2 N–H and O–H groups in total. The molecule has 102 valence electrons. The highest BCUT2D eigenvalue weighted by atomic mass is 16.4. The van der Waals surface area contributed by atoms with Crippen molar-refractivity contribution in [2.75, 3.05) is 0 Å². The lowest BCUT2D eigenvalue weighted by atomic mass is 10.0. The van der Waals surface area contributed by atoms with Crippen molar-refractivity contribution < 1.29 is 10.0 Å². The van der Waals surface area contributed by atoms with Crippen molar-refractivity contribution in [3.63, 3.8) is 0 Å². The first kappa shape index (κ1) is 17.2. The molecule has 0 aliphatic carbocycles. The van der Waals surface area contributed by atoms with E-state index in [1.165, 1.54) is 56.9 Å². The van der Waals surface area contributed by atoms with Crippen LogP contribution < -0.4 is 0 Å². The molecule has 0 bridgehead atoms. The Labute approximate surface area is 112 Å². The van der Waals surface area contributed by atoms with E-state index >= 15 is 0 Å². The van der Waals surface area contributed by atoms with Gasteiger partial charge in [0.1, 0.15) is 0 Å². The molecule has 0 amide bonds. The van der Waals surface area contributed by atoms with Crippen molar-refractivity contribution in [3.05, 3.63) is 35.9 Å². The Kier molecular flexibility index (Phi) is 13.6. The second kappa shape index (κ2) is 14.3. The fourth-order valence-corrected chi connectivity index (χ4v) is 1.93. The minimum Gasteiger partial charge on any atom is -0.430 e. The second-order valence-electron chi connectivity index (χ2n) is 4.50. The molecule has 0 aliphatic rings. The number of aryl methyl sites for hydroxylation is 1. The maximum Gasteiger partial charge on any atom is 0.432 e. The van der Waals surface area contributed by atoms with Crippen LogP contribution in [0.15, 0.2) is 30.3 Å². The van der Waals surface area contributed by atoms with E-state index < -0.39 is 7.69 Å². The van der Waals surface area contributed by atoms with Gasteiger partial charge >= 0.3 is 7.69 Å². The molecule has 1 aromatic carbocycles. The van der Waals surface area contributed by atoms with Gasteiger partial charge in [-0.2, -0.15) is 0 Å². The predicted octanol–water partition coefficient (Wildman–Crippen LogP) is 3.22. The molecule has 0 unspecified atom stereocenters. The summed E-state index contributed by atoms with van der Waals surface area (Å²) < 4.78 is 0. The predicted molar refractivity (Wildman–Crippen MR) is 79.7 cm³/mol. The van der Waals surface area contributed by atoms with E-state index in [1.54, 1.807) is 0 Å². The fraction of sp³-hybridized carbons (Fsp3) is 0.600. The van der Waals surface area contributed by atoms with Crippen LogP contribution in [0.2, 0.25) is 0 Å². The van der Waals surface area contributed by atoms with Crippen molar-refractivity contribution in [2.45, 2.75) is 58.3 Å². The molecule has 2 nitrogen and oxygen atoms in total. The normalized spacial score (nSPS) is 9.50. The van der Waals surface area contributed by atoms with E-state index in [2.05, 4.69) is 37.3 Å². The Morgan fingerprint density at radius 1 is 0.833 bits per heavy atom. The first-order chi connectivity index (χ1) is 8.85. The smallest absolute Gasteiger partial charge is 0.430 e. The van der Waals surface area contributed by atoms with Gasteiger partial charge in [-0.1, -0.05) is 75.8 Å². The van der Waals surface area contributed by atoms with Crippen LogP contribution in [-0.2, 0) is 6.42 Å². The Morgan fingerprint density at radius 2 is 1.33 bits per heavy atom. The molecule has 18 heavy (non-hydrogen) atoms. The van der Waals surface area contributed by atoms with E-state index in [1.807, 2.05) is 0 Å². The molecule has 3 heteroatoms. The zero-order valence-electron chi connectivity index (χ0n) is 11.6. The summed E-state index contributed by atoms with van der Waals surface area (Å²) in [7, 11) is -0.750. The monoisotopic (exact) mass is 250 g/mol. The summed E-state index contributed by atoms with van der Waals surface area (Å²) in [5.41, 5.74) is 1.49. The lowest BCUT2D eigenvalue weighted by Crippen LogP contribution is -1.85. The van der Waals surface area contributed by atoms with Crippen molar-refractivity contribution in [2.24, 2.45) is 0 Å². The SMILES string of the molecule is CCCCCCCCCc1ccccc1.OBO. The number of benzene rings is 1. The molecular weight excluding hydrogens is 223 g/mol. The van der Waals surface area contributed by atoms with E-state index in [0.717, 1.165) is 0 Å². The number of rotatable bonds is 8. The van der Waals surface area contributed by atoms with Gasteiger partial charge in [-0.3, -0.25) is 0 Å². The van der Waals surface area contributed by atoms with Crippen LogP contribution in [0.4, 0.5) is 0 Å². The molecule has 0 atom stereocenters. The maximum absolute atomic E-state index is 7.12. The Hall–Kier alpha value is -0.795. The van der Waals surface area contributed by atoms with Crippen LogP contribution in [0.3, 0.4) is 0 Å². The number of unbranched alkanes of at least 4 members (excludes halogenated alkanes) is 6. The standard InChI is InChI=1S/C15H24.BH3O2/c1-2-3-4-5-6-7-9-12-15-13-10-8-11-14-15;2-1-3/h8,10-11,13-14H,2-7,9,12H2,1H3;1-3H. The van der Waals surface area contributed by atoms with Gasteiger partial charge in [-0.15, -0.1) is 0 Å². The van der Waals surface area contributed by atoms with Gasteiger partial charge in [-0.25, -0.2) is 0 Å². The Balaban J connectivity index is 0.000000873.